The van der Waals surface area contributed by atoms with Crippen LogP contribution in [0.3, 0.4) is 0 Å². The van der Waals surface area contributed by atoms with Gasteiger partial charge in [-0.2, -0.15) is 4.31 Å². The van der Waals surface area contributed by atoms with Gasteiger partial charge >= 0.3 is 0 Å². The molecule has 1 N–H and O–H groups in total. The van der Waals surface area contributed by atoms with Crippen molar-refractivity contribution in [3.63, 3.8) is 0 Å². The highest BCUT2D eigenvalue weighted by molar-refractivity contribution is 7.89. The molecule has 1 atom stereocenters. The number of carbonyl (C=O) groups excluding carboxylic acids is 1. The molecule has 1 saturated heterocycles. The third kappa shape index (κ3) is 3.88. The Hall–Kier alpha value is -1.22. The van der Waals surface area contributed by atoms with E-state index in [1.165, 1.54) is 22.6 Å². The van der Waals surface area contributed by atoms with E-state index in [9.17, 15) is 13.2 Å². The molecule has 2 fully saturated rings. The summed E-state index contributed by atoms with van der Waals surface area (Å²) in [5.74, 6) is 0.0238. The maximum absolute atomic E-state index is 12.6. The number of halogens is 1. The number of nitrogens with one attached hydrogen (secondary N) is 1. The van der Waals surface area contributed by atoms with Crippen LogP contribution in [-0.4, -0.2) is 66.8 Å². The number of hydrogen-bond acceptors (Lipinski definition) is 5. The molecule has 1 aliphatic heterocycles. The molecule has 1 amide bonds. The number of sulfonamides is 1. The molecule has 1 aromatic heterocycles. The lowest BCUT2D eigenvalue weighted by atomic mass is 10.2. The van der Waals surface area contributed by atoms with Crippen LogP contribution < -0.4 is 5.32 Å². The molecule has 1 saturated carbocycles. The molecular formula is C15H21ClN4O3S. The van der Waals surface area contributed by atoms with Crippen LogP contribution in [-0.2, 0) is 14.8 Å². The van der Waals surface area contributed by atoms with E-state index in [1.807, 2.05) is 11.8 Å². The first kappa shape index (κ1) is 17.6. The summed E-state index contributed by atoms with van der Waals surface area (Å²) in [5, 5.41) is 3.25. The number of hydrogen-bond donors (Lipinski definition) is 1. The zero-order valence-corrected chi connectivity index (χ0v) is 15.1. The Morgan fingerprint density at radius 3 is 2.50 bits per heavy atom. The van der Waals surface area contributed by atoms with E-state index in [0.717, 1.165) is 12.8 Å². The highest BCUT2D eigenvalue weighted by atomic mass is 35.5. The van der Waals surface area contributed by atoms with Gasteiger partial charge in [0.2, 0.25) is 15.9 Å². The summed E-state index contributed by atoms with van der Waals surface area (Å²) in [4.78, 5) is 18.1. The summed E-state index contributed by atoms with van der Waals surface area (Å²) in [6.45, 7) is 3.63. The third-order valence-corrected chi connectivity index (χ3v) is 6.57. The zero-order valence-electron chi connectivity index (χ0n) is 13.5. The van der Waals surface area contributed by atoms with Crippen molar-refractivity contribution >= 4 is 27.5 Å². The van der Waals surface area contributed by atoms with Gasteiger partial charge in [-0.3, -0.25) is 9.69 Å². The van der Waals surface area contributed by atoms with E-state index in [2.05, 4.69) is 10.3 Å². The van der Waals surface area contributed by atoms with Gasteiger partial charge in [0.15, 0.2) is 0 Å². The van der Waals surface area contributed by atoms with Crippen molar-refractivity contribution < 1.29 is 13.2 Å². The Bertz CT molecular complexity index is 698. The lowest BCUT2D eigenvalue weighted by Gasteiger charge is -2.36. The van der Waals surface area contributed by atoms with Crippen LogP contribution in [0.2, 0.25) is 5.15 Å². The van der Waals surface area contributed by atoms with E-state index in [0.29, 0.717) is 32.2 Å². The van der Waals surface area contributed by atoms with Crippen LogP contribution in [0.5, 0.6) is 0 Å². The first-order valence-electron chi connectivity index (χ1n) is 8.04. The van der Waals surface area contributed by atoms with Crippen molar-refractivity contribution in [2.75, 3.05) is 26.2 Å². The highest BCUT2D eigenvalue weighted by Gasteiger charge is 2.33. The van der Waals surface area contributed by atoms with Crippen molar-refractivity contribution in [2.24, 2.45) is 0 Å². The Balaban J connectivity index is 1.59. The smallest absolute Gasteiger partial charge is 0.244 e. The van der Waals surface area contributed by atoms with Gasteiger partial charge in [-0.1, -0.05) is 11.6 Å². The Labute approximate surface area is 147 Å². The van der Waals surface area contributed by atoms with E-state index >= 15 is 0 Å². The second kappa shape index (κ2) is 6.95. The molecule has 1 unspecified atom stereocenters. The predicted molar refractivity (Wildman–Crippen MR) is 90.2 cm³/mol. The molecule has 2 heterocycles. The summed E-state index contributed by atoms with van der Waals surface area (Å²) in [6, 6.07) is 3.02. The van der Waals surface area contributed by atoms with Crippen molar-refractivity contribution in [1.29, 1.82) is 0 Å². The topological polar surface area (TPSA) is 82.6 Å². The minimum absolute atomic E-state index is 0.0238. The normalized spacial score (nSPS) is 21.4. The molecule has 0 bridgehead atoms. The zero-order chi connectivity index (χ0) is 17.3. The number of carbonyl (C=O) groups is 1. The Kier molecular flexibility index (Phi) is 5.10. The molecular weight excluding hydrogens is 352 g/mol. The van der Waals surface area contributed by atoms with Crippen molar-refractivity contribution in [2.45, 2.75) is 36.7 Å². The number of piperazine rings is 1. The van der Waals surface area contributed by atoms with Gasteiger partial charge in [-0.05, 0) is 31.9 Å². The second-order valence-electron chi connectivity index (χ2n) is 6.22. The molecule has 0 spiro atoms. The number of rotatable bonds is 5. The van der Waals surface area contributed by atoms with Crippen LogP contribution in [0.25, 0.3) is 0 Å². The van der Waals surface area contributed by atoms with Gasteiger partial charge in [-0.25, -0.2) is 13.4 Å². The summed E-state index contributed by atoms with van der Waals surface area (Å²) in [5.41, 5.74) is 0. The molecule has 0 aromatic carbocycles. The van der Waals surface area contributed by atoms with Gasteiger partial charge < -0.3 is 5.32 Å². The average Bonchev–Trinajstić information content (AvgIpc) is 3.38. The van der Waals surface area contributed by atoms with Gasteiger partial charge in [0.25, 0.3) is 0 Å². The average molecular weight is 373 g/mol. The van der Waals surface area contributed by atoms with Crippen LogP contribution in [0.4, 0.5) is 0 Å². The van der Waals surface area contributed by atoms with E-state index in [1.54, 1.807) is 0 Å². The number of pyridine rings is 1. The minimum atomic E-state index is -3.57. The number of aromatic nitrogens is 1. The fourth-order valence-electron chi connectivity index (χ4n) is 2.71. The lowest BCUT2D eigenvalue weighted by molar-refractivity contribution is -0.126. The molecule has 9 heteroatoms. The van der Waals surface area contributed by atoms with E-state index in [4.69, 9.17) is 11.6 Å². The second-order valence-corrected chi connectivity index (χ2v) is 8.54. The monoisotopic (exact) mass is 372 g/mol. The van der Waals surface area contributed by atoms with Gasteiger partial charge in [0.05, 0.1) is 6.04 Å². The standard InChI is InChI=1S/C15H21ClN4O3S/c1-11(15(21)18-12-2-3-12)19-6-8-20(9-7-19)24(22,23)13-4-5-14(16)17-10-13/h4-5,10-12H,2-3,6-9H2,1H3,(H,18,21). The summed E-state index contributed by atoms with van der Waals surface area (Å²) in [7, 11) is -3.57. The summed E-state index contributed by atoms with van der Waals surface area (Å²) in [6.07, 6.45) is 3.38. The van der Waals surface area contributed by atoms with Crippen LogP contribution >= 0.6 is 11.6 Å². The molecule has 3 rings (SSSR count). The van der Waals surface area contributed by atoms with Crippen LogP contribution in [0.15, 0.2) is 23.2 Å². The Morgan fingerprint density at radius 2 is 1.96 bits per heavy atom. The molecule has 0 radical (unpaired) electrons. The largest absolute Gasteiger partial charge is 0.352 e. The van der Waals surface area contributed by atoms with Gasteiger partial charge in [0, 0.05) is 38.4 Å². The first-order chi connectivity index (χ1) is 11.4. The third-order valence-electron chi connectivity index (χ3n) is 4.46. The lowest BCUT2D eigenvalue weighted by Crippen LogP contribution is -2.55. The fraction of sp³-hybridized carbons (Fsp3) is 0.600. The van der Waals surface area contributed by atoms with Crippen molar-refractivity contribution in [3.8, 4) is 0 Å². The molecule has 1 aliphatic carbocycles. The maximum atomic E-state index is 12.6. The van der Waals surface area contributed by atoms with E-state index in [-0.39, 0.29) is 22.0 Å². The van der Waals surface area contributed by atoms with Crippen molar-refractivity contribution in [1.82, 2.24) is 19.5 Å². The van der Waals surface area contributed by atoms with Gasteiger partial charge in [-0.15, -0.1) is 0 Å². The molecule has 24 heavy (non-hydrogen) atoms. The van der Waals surface area contributed by atoms with Crippen LogP contribution in [0, 0.1) is 0 Å². The molecule has 2 aliphatic rings. The van der Waals surface area contributed by atoms with E-state index < -0.39 is 10.0 Å². The number of nitrogens with zero attached hydrogens (tertiary/aromatic N) is 3. The molecule has 7 nitrogen and oxygen atoms in total. The van der Waals surface area contributed by atoms with Gasteiger partial charge in [0.1, 0.15) is 10.0 Å². The summed E-state index contributed by atoms with van der Waals surface area (Å²) < 4.78 is 26.6. The quantitative estimate of drug-likeness (QED) is 0.770. The minimum Gasteiger partial charge on any atom is -0.352 e. The molecule has 1 aromatic rings. The van der Waals surface area contributed by atoms with Crippen molar-refractivity contribution in [3.05, 3.63) is 23.5 Å². The number of amides is 1. The Morgan fingerprint density at radius 1 is 1.29 bits per heavy atom. The first-order valence-corrected chi connectivity index (χ1v) is 9.86. The maximum Gasteiger partial charge on any atom is 0.244 e. The fourth-order valence-corrected chi connectivity index (χ4v) is 4.19. The van der Waals surface area contributed by atoms with Crippen LogP contribution in [0.1, 0.15) is 19.8 Å². The highest BCUT2D eigenvalue weighted by Crippen LogP contribution is 2.21. The summed E-state index contributed by atoms with van der Waals surface area (Å²) >= 11 is 5.71. The SMILES string of the molecule is CC(C(=O)NC1CC1)N1CCN(S(=O)(=O)c2ccc(Cl)nc2)CC1. The predicted octanol–water partition coefficient (Wildman–Crippen LogP) is 0.708. The molecule has 132 valence electrons.